The molecule has 152 valence electrons. The van der Waals surface area contributed by atoms with Gasteiger partial charge in [0.25, 0.3) is 0 Å². The number of unbranched alkanes of at least 4 members (excludes halogenated alkanes) is 1. The summed E-state index contributed by atoms with van der Waals surface area (Å²) in [6.45, 7) is 14.0. The number of ether oxygens (including phenoxy) is 2. The molecule has 7 heteroatoms. The predicted molar refractivity (Wildman–Crippen MR) is 101 cm³/mol. The van der Waals surface area contributed by atoms with Crippen molar-refractivity contribution in [3.05, 3.63) is 0 Å². The van der Waals surface area contributed by atoms with E-state index in [4.69, 9.17) is 9.47 Å². The lowest BCUT2D eigenvalue weighted by Gasteiger charge is -2.31. The summed E-state index contributed by atoms with van der Waals surface area (Å²) in [5, 5.41) is 5.69. The lowest BCUT2D eigenvalue weighted by Crippen LogP contribution is -2.50. The molecule has 0 radical (unpaired) electrons. The van der Waals surface area contributed by atoms with Gasteiger partial charge in [-0.3, -0.25) is 9.59 Å². The molecular weight excluding hydrogens is 336 g/mol. The molecule has 2 N–H and O–H groups in total. The van der Waals surface area contributed by atoms with Crippen LogP contribution in [0.5, 0.6) is 0 Å². The number of esters is 1. The first-order valence-corrected chi connectivity index (χ1v) is 9.25. The first-order chi connectivity index (χ1) is 11.9. The summed E-state index contributed by atoms with van der Waals surface area (Å²) in [5.74, 6) is -0.299. The number of hydrogen-bond donors (Lipinski definition) is 2. The number of rotatable bonds is 10. The van der Waals surface area contributed by atoms with Crippen LogP contribution in [-0.4, -0.2) is 49.2 Å². The molecule has 0 aromatic carbocycles. The van der Waals surface area contributed by atoms with Gasteiger partial charge >= 0.3 is 12.1 Å². The van der Waals surface area contributed by atoms with E-state index in [0.29, 0.717) is 26.0 Å². The van der Waals surface area contributed by atoms with Crippen LogP contribution in [0.25, 0.3) is 0 Å². The van der Waals surface area contributed by atoms with Crippen LogP contribution in [0.15, 0.2) is 0 Å². The molecule has 0 spiro atoms. The molecular formula is C19H36N2O5. The second-order valence-corrected chi connectivity index (χ2v) is 8.35. The van der Waals surface area contributed by atoms with Crippen LogP contribution in [0.3, 0.4) is 0 Å². The molecule has 0 fully saturated rings. The summed E-state index contributed by atoms with van der Waals surface area (Å²) in [6, 6.07) is -0.607. The highest BCUT2D eigenvalue weighted by molar-refractivity contribution is 5.88. The normalized spacial score (nSPS) is 13.0. The number of amides is 1. The number of Topliss-reactive ketones (excluding diaryl/α,β-unsaturated/α-hetero) is 1. The zero-order valence-corrected chi connectivity index (χ0v) is 17.4. The van der Waals surface area contributed by atoms with Crippen molar-refractivity contribution in [2.75, 3.05) is 19.7 Å². The van der Waals surface area contributed by atoms with Gasteiger partial charge in [-0.05, 0) is 52.5 Å². The van der Waals surface area contributed by atoms with Gasteiger partial charge in [0.15, 0.2) is 5.78 Å². The third-order valence-electron chi connectivity index (χ3n) is 3.45. The van der Waals surface area contributed by atoms with Crippen molar-refractivity contribution in [2.45, 2.75) is 79.4 Å². The molecule has 1 atom stereocenters. The summed E-state index contributed by atoms with van der Waals surface area (Å²) in [4.78, 5) is 35.8. The van der Waals surface area contributed by atoms with Gasteiger partial charge in [0.2, 0.25) is 0 Å². The van der Waals surface area contributed by atoms with Gasteiger partial charge in [0.1, 0.15) is 5.60 Å². The Kier molecular flexibility index (Phi) is 10.5. The van der Waals surface area contributed by atoms with Crippen molar-refractivity contribution in [3.8, 4) is 0 Å². The van der Waals surface area contributed by atoms with E-state index >= 15 is 0 Å². The van der Waals surface area contributed by atoms with Crippen molar-refractivity contribution in [2.24, 2.45) is 5.41 Å². The van der Waals surface area contributed by atoms with Crippen molar-refractivity contribution >= 4 is 17.8 Å². The average Bonchev–Trinajstić information content (AvgIpc) is 2.45. The molecule has 0 rings (SSSR count). The minimum absolute atomic E-state index is 0.0197. The van der Waals surface area contributed by atoms with E-state index < -0.39 is 23.2 Å². The Morgan fingerprint density at radius 3 is 2.12 bits per heavy atom. The van der Waals surface area contributed by atoms with E-state index in [2.05, 4.69) is 10.6 Å². The van der Waals surface area contributed by atoms with Gasteiger partial charge in [-0.2, -0.15) is 0 Å². The second-order valence-electron chi connectivity index (χ2n) is 8.35. The SMILES string of the molecule is CCOC(=O)CNCCCCC(=O)[C@@H](NC(=O)OC(C)(C)C)C(C)(C)C. The van der Waals surface area contributed by atoms with E-state index in [-0.39, 0.29) is 18.3 Å². The molecule has 7 nitrogen and oxygen atoms in total. The van der Waals surface area contributed by atoms with E-state index in [9.17, 15) is 14.4 Å². The molecule has 0 unspecified atom stereocenters. The van der Waals surface area contributed by atoms with Crippen molar-refractivity contribution in [1.29, 1.82) is 0 Å². The fraction of sp³-hybridized carbons (Fsp3) is 0.842. The molecule has 26 heavy (non-hydrogen) atoms. The highest BCUT2D eigenvalue weighted by Gasteiger charge is 2.33. The molecule has 0 aromatic rings. The summed E-state index contributed by atoms with van der Waals surface area (Å²) < 4.78 is 10.1. The summed E-state index contributed by atoms with van der Waals surface area (Å²) in [5.41, 5.74) is -1.02. The predicted octanol–water partition coefficient (Wildman–Crippen LogP) is 2.82. The minimum atomic E-state index is -0.611. The largest absolute Gasteiger partial charge is 0.465 e. The van der Waals surface area contributed by atoms with Crippen LogP contribution >= 0.6 is 0 Å². The molecule has 1 amide bonds. The van der Waals surface area contributed by atoms with Gasteiger partial charge < -0.3 is 20.1 Å². The topological polar surface area (TPSA) is 93.7 Å². The van der Waals surface area contributed by atoms with Crippen molar-refractivity contribution in [3.63, 3.8) is 0 Å². The van der Waals surface area contributed by atoms with Crippen LogP contribution in [0.4, 0.5) is 4.79 Å². The zero-order chi connectivity index (χ0) is 20.4. The number of alkyl carbamates (subject to hydrolysis) is 1. The molecule has 0 aliphatic rings. The van der Waals surface area contributed by atoms with Gasteiger partial charge in [0.05, 0.1) is 19.2 Å². The maximum absolute atomic E-state index is 12.6. The summed E-state index contributed by atoms with van der Waals surface area (Å²) in [7, 11) is 0. The fourth-order valence-electron chi connectivity index (χ4n) is 2.30. The van der Waals surface area contributed by atoms with E-state index in [1.54, 1.807) is 27.7 Å². The average molecular weight is 373 g/mol. The molecule has 0 bridgehead atoms. The summed E-state index contributed by atoms with van der Waals surface area (Å²) in [6.07, 6.45) is 1.21. The van der Waals surface area contributed by atoms with Gasteiger partial charge in [-0.15, -0.1) is 0 Å². The quantitative estimate of drug-likeness (QED) is 0.452. The minimum Gasteiger partial charge on any atom is -0.465 e. The smallest absolute Gasteiger partial charge is 0.408 e. The van der Waals surface area contributed by atoms with Crippen molar-refractivity contribution < 1.29 is 23.9 Å². The van der Waals surface area contributed by atoms with Crippen LogP contribution in [0.2, 0.25) is 0 Å². The van der Waals surface area contributed by atoms with Gasteiger partial charge in [0, 0.05) is 6.42 Å². The van der Waals surface area contributed by atoms with E-state index in [0.717, 1.165) is 6.42 Å². The Morgan fingerprint density at radius 1 is 1.00 bits per heavy atom. The maximum atomic E-state index is 12.6. The molecule has 0 saturated heterocycles. The van der Waals surface area contributed by atoms with Crippen LogP contribution in [0.1, 0.15) is 67.7 Å². The van der Waals surface area contributed by atoms with Crippen LogP contribution in [-0.2, 0) is 19.1 Å². The fourth-order valence-corrected chi connectivity index (χ4v) is 2.30. The Hall–Kier alpha value is -1.63. The highest BCUT2D eigenvalue weighted by atomic mass is 16.6. The second kappa shape index (κ2) is 11.2. The molecule has 0 aliphatic heterocycles. The van der Waals surface area contributed by atoms with E-state index in [1.165, 1.54) is 0 Å². The number of ketones is 1. The summed E-state index contributed by atoms with van der Waals surface area (Å²) >= 11 is 0. The highest BCUT2D eigenvalue weighted by Crippen LogP contribution is 2.22. The zero-order valence-electron chi connectivity index (χ0n) is 17.4. The Morgan fingerprint density at radius 2 is 1.62 bits per heavy atom. The number of carbonyl (C=O) groups excluding carboxylic acids is 3. The lowest BCUT2D eigenvalue weighted by atomic mass is 9.83. The third-order valence-corrected chi connectivity index (χ3v) is 3.45. The van der Waals surface area contributed by atoms with Crippen molar-refractivity contribution in [1.82, 2.24) is 10.6 Å². The van der Waals surface area contributed by atoms with E-state index in [1.807, 2.05) is 20.8 Å². The third kappa shape index (κ3) is 11.8. The Bertz CT molecular complexity index is 464. The molecule has 0 heterocycles. The molecule has 0 saturated carbocycles. The monoisotopic (exact) mass is 372 g/mol. The number of carbonyl (C=O) groups is 3. The molecule has 0 aliphatic carbocycles. The molecule has 0 aromatic heterocycles. The Balaban J connectivity index is 4.33. The number of hydrogen-bond acceptors (Lipinski definition) is 6. The standard InChI is InChI=1S/C19H36N2O5/c1-8-25-15(23)13-20-12-10-9-11-14(22)16(18(2,3)4)21-17(24)26-19(5,6)7/h16,20H,8-13H2,1-7H3,(H,21,24)/t16-/m1/s1. The first-order valence-electron chi connectivity index (χ1n) is 9.25. The van der Waals surface area contributed by atoms with Crippen LogP contribution in [0, 0.1) is 5.41 Å². The van der Waals surface area contributed by atoms with Gasteiger partial charge in [-0.25, -0.2) is 4.79 Å². The number of nitrogens with one attached hydrogen (secondary N) is 2. The Labute approximate surface area is 157 Å². The maximum Gasteiger partial charge on any atom is 0.408 e. The van der Waals surface area contributed by atoms with Crippen LogP contribution < -0.4 is 10.6 Å². The van der Waals surface area contributed by atoms with Gasteiger partial charge in [-0.1, -0.05) is 20.8 Å². The lowest BCUT2D eigenvalue weighted by molar-refractivity contribution is -0.142. The first kappa shape index (κ1) is 24.4.